The fraction of sp³-hybridized carbons (Fsp3) is 0.778. The highest BCUT2D eigenvalue weighted by Gasteiger charge is 2.48. The Hall–Kier alpha value is -0.570. The molecule has 0 aromatic rings. The third-order valence-corrected chi connectivity index (χ3v) is 3.19. The summed E-state index contributed by atoms with van der Waals surface area (Å²) in [5.74, 6) is -0.290. The van der Waals surface area contributed by atoms with Crippen LogP contribution in [0.1, 0.15) is 26.7 Å². The predicted octanol–water partition coefficient (Wildman–Crippen LogP) is 1.10. The Balaban J connectivity index is 3.00. The van der Waals surface area contributed by atoms with Crippen molar-refractivity contribution in [3.8, 4) is 0 Å². The Kier molecular flexibility index (Phi) is 2.96. The van der Waals surface area contributed by atoms with Crippen molar-refractivity contribution in [1.82, 2.24) is 5.32 Å². The summed E-state index contributed by atoms with van der Waals surface area (Å²) in [4.78, 5) is 23.3. The van der Waals surface area contributed by atoms with Crippen LogP contribution in [0.5, 0.6) is 0 Å². The number of nitrogens with one attached hydrogen (secondary N) is 1. The van der Waals surface area contributed by atoms with Gasteiger partial charge in [0, 0.05) is 6.54 Å². The lowest BCUT2D eigenvalue weighted by Gasteiger charge is -2.34. The van der Waals surface area contributed by atoms with Crippen LogP contribution in [0.4, 0.5) is 0 Å². The van der Waals surface area contributed by atoms with Gasteiger partial charge in [0.2, 0.25) is 5.91 Å². The number of carbonyl (C=O) groups excluding carboxylic acids is 2. The molecule has 1 amide bonds. The van der Waals surface area contributed by atoms with Crippen LogP contribution in [0.25, 0.3) is 0 Å². The SMILES string of the molecule is CCC1(CC)C(=O)NCC(Cl)C1=O. The van der Waals surface area contributed by atoms with E-state index in [1.165, 1.54) is 0 Å². The van der Waals surface area contributed by atoms with Gasteiger partial charge in [0.15, 0.2) is 5.78 Å². The van der Waals surface area contributed by atoms with Crippen LogP contribution in [0.3, 0.4) is 0 Å². The zero-order chi connectivity index (χ0) is 10.1. The molecule has 0 saturated carbocycles. The molecule has 74 valence electrons. The highest BCUT2D eigenvalue weighted by Crippen LogP contribution is 2.32. The van der Waals surface area contributed by atoms with Gasteiger partial charge in [0.25, 0.3) is 0 Å². The predicted molar refractivity (Wildman–Crippen MR) is 50.7 cm³/mol. The number of ketones is 1. The van der Waals surface area contributed by atoms with E-state index in [1.54, 1.807) is 0 Å². The van der Waals surface area contributed by atoms with E-state index in [-0.39, 0.29) is 18.2 Å². The number of rotatable bonds is 2. The van der Waals surface area contributed by atoms with E-state index in [9.17, 15) is 9.59 Å². The van der Waals surface area contributed by atoms with Gasteiger partial charge in [-0.2, -0.15) is 0 Å². The fourth-order valence-corrected chi connectivity index (χ4v) is 2.06. The molecule has 1 N–H and O–H groups in total. The first-order valence-corrected chi connectivity index (χ1v) is 4.98. The minimum Gasteiger partial charge on any atom is -0.353 e. The molecule has 13 heavy (non-hydrogen) atoms. The van der Waals surface area contributed by atoms with Crippen LogP contribution in [0, 0.1) is 5.41 Å². The molecule has 1 aliphatic rings. The van der Waals surface area contributed by atoms with Gasteiger partial charge < -0.3 is 5.32 Å². The minimum absolute atomic E-state index is 0.122. The number of hydrogen-bond donors (Lipinski definition) is 1. The lowest BCUT2D eigenvalue weighted by Crippen LogP contribution is -2.56. The van der Waals surface area contributed by atoms with Gasteiger partial charge in [-0.1, -0.05) is 13.8 Å². The topological polar surface area (TPSA) is 46.2 Å². The molecule has 1 saturated heterocycles. The second kappa shape index (κ2) is 3.66. The normalized spacial score (nSPS) is 27.2. The van der Waals surface area contributed by atoms with Crippen molar-refractivity contribution in [2.24, 2.45) is 5.41 Å². The van der Waals surface area contributed by atoms with E-state index in [2.05, 4.69) is 5.32 Å². The number of carbonyl (C=O) groups is 2. The number of alkyl halides is 1. The number of halogens is 1. The highest BCUT2D eigenvalue weighted by atomic mass is 35.5. The van der Waals surface area contributed by atoms with Crippen LogP contribution in [0.2, 0.25) is 0 Å². The van der Waals surface area contributed by atoms with E-state index in [1.807, 2.05) is 13.8 Å². The number of Topliss-reactive ketones (excluding diaryl/α,β-unsaturated/α-hetero) is 1. The largest absolute Gasteiger partial charge is 0.353 e. The second-order valence-electron chi connectivity index (χ2n) is 3.33. The van der Waals surface area contributed by atoms with Crippen molar-refractivity contribution in [2.45, 2.75) is 32.1 Å². The van der Waals surface area contributed by atoms with Crippen molar-refractivity contribution in [1.29, 1.82) is 0 Å². The molecule has 1 unspecified atom stereocenters. The van der Waals surface area contributed by atoms with E-state index in [0.29, 0.717) is 12.8 Å². The molecule has 3 nitrogen and oxygen atoms in total. The van der Waals surface area contributed by atoms with Gasteiger partial charge in [-0.25, -0.2) is 0 Å². The van der Waals surface area contributed by atoms with Crippen molar-refractivity contribution in [3.63, 3.8) is 0 Å². The van der Waals surface area contributed by atoms with Gasteiger partial charge in [0.05, 0.1) is 0 Å². The van der Waals surface area contributed by atoms with Gasteiger partial charge in [-0.05, 0) is 12.8 Å². The maximum Gasteiger partial charge on any atom is 0.233 e. The Morgan fingerprint density at radius 2 is 2.00 bits per heavy atom. The molecule has 0 radical (unpaired) electrons. The Bertz CT molecular complexity index is 236. The summed E-state index contributed by atoms with van der Waals surface area (Å²) in [6.45, 7) is 3.95. The van der Waals surface area contributed by atoms with Gasteiger partial charge in [-0.15, -0.1) is 11.6 Å². The van der Waals surface area contributed by atoms with Crippen LogP contribution >= 0.6 is 11.6 Å². The number of piperidine rings is 1. The van der Waals surface area contributed by atoms with E-state index in [0.717, 1.165) is 0 Å². The first-order valence-electron chi connectivity index (χ1n) is 4.55. The van der Waals surface area contributed by atoms with Crippen LogP contribution in [-0.4, -0.2) is 23.6 Å². The lowest BCUT2D eigenvalue weighted by atomic mass is 9.74. The molecule has 1 rings (SSSR count). The summed E-state index contributed by atoms with van der Waals surface area (Å²) in [6.07, 6.45) is 1.05. The molecule has 4 heteroatoms. The maximum absolute atomic E-state index is 11.7. The summed E-state index contributed by atoms with van der Waals surface area (Å²) in [5.41, 5.74) is -0.870. The molecule has 1 atom stereocenters. The third-order valence-electron chi connectivity index (χ3n) is 2.84. The Labute approximate surface area is 82.8 Å². The average molecular weight is 204 g/mol. The summed E-state index contributed by atoms with van der Waals surface area (Å²) >= 11 is 5.81. The van der Waals surface area contributed by atoms with E-state index < -0.39 is 10.8 Å². The molecule has 0 aromatic carbocycles. The molecule has 0 aliphatic carbocycles. The molecular formula is C9H14ClNO2. The Morgan fingerprint density at radius 1 is 1.46 bits per heavy atom. The highest BCUT2D eigenvalue weighted by molar-refractivity contribution is 6.35. The van der Waals surface area contributed by atoms with Crippen LogP contribution < -0.4 is 5.32 Å². The fourth-order valence-electron chi connectivity index (χ4n) is 1.78. The molecular weight excluding hydrogens is 190 g/mol. The van der Waals surface area contributed by atoms with Crippen molar-refractivity contribution < 1.29 is 9.59 Å². The maximum atomic E-state index is 11.7. The first kappa shape index (κ1) is 10.5. The molecule has 0 aromatic heterocycles. The number of amides is 1. The quantitative estimate of drug-likeness (QED) is 0.540. The van der Waals surface area contributed by atoms with Crippen molar-refractivity contribution in [3.05, 3.63) is 0 Å². The lowest BCUT2D eigenvalue weighted by molar-refractivity contribution is -0.145. The molecule has 1 fully saturated rings. The van der Waals surface area contributed by atoms with Crippen molar-refractivity contribution >= 4 is 23.3 Å². The van der Waals surface area contributed by atoms with Crippen LogP contribution in [0.15, 0.2) is 0 Å². The second-order valence-corrected chi connectivity index (χ2v) is 3.86. The third kappa shape index (κ3) is 1.46. The molecule has 0 spiro atoms. The van der Waals surface area contributed by atoms with Gasteiger partial charge >= 0.3 is 0 Å². The van der Waals surface area contributed by atoms with Gasteiger partial charge in [0.1, 0.15) is 10.8 Å². The summed E-state index contributed by atoms with van der Waals surface area (Å²) in [7, 11) is 0. The zero-order valence-electron chi connectivity index (χ0n) is 7.89. The molecule has 1 aliphatic heterocycles. The van der Waals surface area contributed by atoms with E-state index >= 15 is 0 Å². The molecule has 1 heterocycles. The van der Waals surface area contributed by atoms with Crippen LogP contribution in [-0.2, 0) is 9.59 Å². The number of hydrogen-bond acceptors (Lipinski definition) is 2. The smallest absolute Gasteiger partial charge is 0.233 e. The first-order chi connectivity index (χ1) is 6.08. The van der Waals surface area contributed by atoms with Crippen molar-refractivity contribution in [2.75, 3.05) is 6.54 Å². The molecule has 0 bridgehead atoms. The summed E-state index contributed by atoms with van der Waals surface area (Å²) < 4.78 is 0. The Morgan fingerprint density at radius 3 is 2.38 bits per heavy atom. The average Bonchev–Trinajstić information content (AvgIpc) is 2.15. The van der Waals surface area contributed by atoms with E-state index in [4.69, 9.17) is 11.6 Å². The van der Waals surface area contributed by atoms with Gasteiger partial charge in [-0.3, -0.25) is 9.59 Å². The summed E-state index contributed by atoms with van der Waals surface area (Å²) in [5, 5.41) is 2.11. The minimum atomic E-state index is -0.870. The zero-order valence-corrected chi connectivity index (χ0v) is 8.65. The standard InChI is InChI=1S/C9H14ClNO2/c1-3-9(4-2)7(12)6(10)5-11-8(9)13/h6H,3-5H2,1-2H3,(H,11,13). The summed E-state index contributed by atoms with van der Waals surface area (Å²) in [6, 6.07) is 0. The monoisotopic (exact) mass is 203 g/mol.